The molecule has 3 atom stereocenters. The van der Waals surface area contributed by atoms with Crippen molar-refractivity contribution in [2.75, 3.05) is 0 Å². The summed E-state index contributed by atoms with van der Waals surface area (Å²) >= 11 is 0. The van der Waals surface area contributed by atoms with Crippen molar-refractivity contribution in [1.82, 2.24) is 4.72 Å². The molecule has 1 aromatic carbocycles. The van der Waals surface area contributed by atoms with Crippen LogP contribution in [0.1, 0.15) is 33.1 Å². The van der Waals surface area contributed by atoms with E-state index < -0.39 is 21.7 Å². The number of hydrogen-bond donors (Lipinski definition) is 1. The molecule has 0 spiro atoms. The van der Waals surface area contributed by atoms with Crippen LogP contribution in [-0.2, 0) is 10.0 Å². The fraction of sp³-hybridized carbons (Fsp3) is 0.571. The Labute approximate surface area is 118 Å². The monoisotopic (exact) mass is 303 g/mol. The number of nitrogens with one attached hydrogen (secondary N) is 1. The van der Waals surface area contributed by atoms with Gasteiger partial charge in [-0.2, -0.15) is 0 Å². The van der Waals surface area contributed by atoms with E-state index in [0.717, 1.165) is 31.4 Å². The second-order valence-electron chi connectivity index (χ2n) is 5.57. The summed E-state index contributed by atoms with van der Waals surface area (Å²) in [6.45, 7) is 4.12. The van der Waals surface area contributed by atoms with Crippen molar-refractivity contribution < 1.29 is 17.2 Å². The van der Waals surface area contributed by atoms with Gasteiger partial charge in [-0.3, -0.25) is 0 Å². The summed E-state index contributed by atoms with van der Waals surface area (Å²) in [7, 11) is -3.81. The molecule has 20 heavy (non-hydrogen) atoms. The van der Waals surface area contributed by atoms with E-state index in [1.54, 1.807) is 0 Å². The smallest absolute Gasteiger partial charge is 0.208 e. The standard InChI is InChI=1S/C14H19F2NO2S/c1-9-4-3-5-14(10(9)2)17-20(18,19)11-6-7-12(15)13(16)8-11/h6-10,14,17H,3-5H2,1-2H3/t9-,10+,14+/m1/s1. The maximum Gasteiger partial charge on any atom is 0.240 e. The molecule has 2 rings (SSSR count). The SMILES string of the molecule is C[C@H]1[C@H](C)CCC[C@@H]1NS(=O)(=O)c1ccc(F)c(F)c1. The molecule has 1 saturated carbocycles. The fourth-order valence-corrected chi connectivity index (χ4v) is 4.03. The van der Waals surface area contributed by atoms with Crippen molar-refractivity contribution in [3.05, 3.63) is 29.8 Å². The maximum absolute atomic E-state index is 13.2. The van der Waals surface area contributed by atoms with Crippen LogP contribution in [-0.4, -0.2) is 14.5 Å². The lowest BCUT2D eigenvalue weighted by Crippen LogP contribution is -2.43. The van der Waals surface area contributed by atoms with E-state index in [1.807, 2.05) is 6.92 Å². The summed E-state index contributed by atoms with van der Waals surface area (Å²) in [5.74, 6) is -1.54. The van der Waals surface area contributed by atoms with Crippen LogP contribution in [0.4, 0.5) is 8.78 Å². The van der Waals surface area contributed by atoms with Gasteiger partial charge in [-0.1, -0.05) is 26.7 Å². The van der Waals surface area contributed by atoms with Gasteiger partial charge in [0, 0.05) is 6.04 Å². The third-order valence-corrected chi connectivity index (χ3v) is 5.70. The number of hydrogen-bond acceptors (Lipinski definition) is 2. The summed E-state index contributed by atoms with van der Waals surface area (Å²) in [5.41, 5.74) is 0. The molecule has 0 bridgehead atoms. The molecule has 0 amide bonds. The number of sulfonamides is 1. The molecule has 1 aliphatic rings. The first-order valence-electron chi connectivity index (χ1n) is 6.78. The quantitative estimate of drug-likeness (QED) is 0.933. The topological polar surface area (TPSA) is 46.2 Å². The van der Waals surface area contributed by atoms with Gasteiger partial charge in [0.05, 0.1) is 4.90 Å². The molecular formula is C14H19F2NO2S. The molecule has 0 radical (unpaired) electrons. The normalized spacial score (nSPS) is 27.5. The Morgan fingerprint density at radius 1 is 1.15 bits per heavy atom. The van der Waals surface area contributed by atoms with Gasteiger partial charge in [0.2, 0.25) is 10.0 Å². The highest BCUT2D eigenvalue weighted by molar-refractivity contribution is 7.89. The molecule has 0 saturated heterocycles. The van der Waals surface area contributed by atoms with Crippen molar-refractivity contribution in [3.8, 4) is 0 Å². The predicted molar refractivity (Wildman–Crippen MR) is 72.6 cm³/mol. The zero-order valence-corrected chi connectivity index (χ0v) is 12.4. The van der Waals surface area contributed by atoms with Crippen LogP contribution >= 0.6 is 0 Å². The van der Waals surface area contributed by atoms with Crippen LogP contribution in [0.2, 0.25) is 0 Å². The van der Waals surface area contributed by atoms with Crippen LogP contribution < -0.4 is 4.72 Å². The van der Waals surface area contributed by atoms with Crippen LogP contribution in [0.25, 0.3) is 0 Å². The van der Waals surface area contributed by atoms with Crippen molar-refractivity contribution in [2.24, 2.45) is 11.8 Å². The van der Waals surface area contributed by atoms with Gasteiger partial charge in [0.25, 0.3) is 0 Å². The molecular weight excluding hydrogens is 284 g/mol. The molecule has 1 fully saturated rings. The van der Waals surface area contributed by atoms with Gasteiger partial charge in [-0.25, -0.2) is 21.9 Å². The second-order valence-corrected chi connectivity index (χ2v) is 7.28. The summed E-state index contributed by atoms with van der Waals surface area (Å²) in [5, 5.41) is 0. The Morgan fingerprint density at radius 2 is 1.85 bits per heavy atom. The first kappa shape index (κ1) is 15.4. The van der Waals surface area contributed by atoms with Gasteiger partial charge >= 0.3 is 0 Å². The van der Waals surface area contributed by atoms with Gasteiger partial charge in [0.1, 0.15) is 0 Å². The van der Waals surface area contributed by atoms with Crippen LogP contribution in [0.5, 0.6) is 0 Å². The molecule has 1 N–H and O–H groups in total. The van der Waals surface area contributed by atoms with Crippen molar-refractivity contribution in [2.45, 2.75) is 44.0 Å². The first-order chi connectivity index (χ1) is 9.31. The lowest BCUT2D eigenvalue weighted by atomic mass is 9.78. The predicted octanol–water partition coefficient (Wildman–Crippen LogP) is 3.07. The molecule has 1 aromatic rings. The molecule has 0 aliphatic heterocycles. The van der Waals surface area contributed by atoms with Crippen LogP contribution in [0.15, 0.2) is 23.1 Å². The van der Waals surface area contributed by atoms with E-state index >= 15 is 0 Å². The lowest BCUT2D eigenvalue weighted by Gasteiger charge is -2.34. The number of halogens is 2. The Morgan fingerprint density at radius 3 is 2.50 bits per heavy atom. The summed E-state index contributed by atoms with van der Waals surface area (Å²) in [4.78, 5) is -0.234. The Kier molecular flexibility index (Phi) is 4.44. The van der Waals surface area contributed by atoms with E-state index in [4.69, 9.17) is 0 Å². The lowest BCUT2D eigenvalue weighted by molar-refractivity contribution is 0.227. The highest BCUT2D eigenvalue weighted by Crippen LogP contribution is 2.30. The summed E-state index contributed by atoms with van der Waals surface area (Å²) < 4.78 is 53.1. The largest absolute Gasteiger partial charge is 0.240 e. The average Bonchev–Trinajstić information content (AvgIpc) is 2.38. The molecule has 0 heterocycles. The molecule has 3 nitrogen and oxygen atoms in total. The van der Waals surface area contributed by atoms with Crippen molar-refractivity contribution in [1.29, 1.82) is 0 Å². The maximum atomic E-state index is 13.2. The number of benzene rings is 1. The van der Waals surface area contributed by atoms with Gasteiger partial charge in [0.15, 0.2) is 11.6 Å². The van der Waals surface area contributed by atoms with E-state index in [9.17, 15) is 17.2 Å². The summed E-state index contributed by atoms with van der Waals surface area (Å²) in [6, 6.07) is 2.47. The Hall–Kier alpha value is -1.01. The molecule has 0 aromatic heterocycles. The van der Waals surface area contributed by atoms with Gasteiger partial charge in [-0.15, -0.1) is 0 Å². The Bertz CT molecular complexity index is 589. The molecule has 1 aliphatic carbocycles. The van der Waals surface area contributed by atoms with Gasteiger partial charge < -0.3 is 0 Å². The minimum atomic E-state index is -3.81. The minimum Gasteiger partial charge on any atom is -0.208 e. The average molecular weight is 303 g/mol. The van der Waals surface area contributed by atoms with E-state index in [1.165, 1.54) is 0 Å². The first-order valence-corrected chi connectivity index (χ1v) is 8.27. The third-order valence-electron chi connectivity index (χ3n) is 4.21. The Balaban J connectivity index is 2.20. The van der Waals surface area contributed by atoms with Crippen LogP contribution in [0.3, 0.4) is 0 Å². The zero-order chi connectivity index (χ0) is 14.9. The molecule has 0 unspecified atom stereocenters. The molecule has 6 heteroatoms. The fourth-order valence-electron chi connectivity index (χ4n) is 2.66. The number of rotatable bonds is 3. The van der Waals surface area contributed by atoms with E-state index in [0.29, 0.717) is 12.0 Å². The van der Waals surface area contributed by atoms with E-state index in [2.05, 4.69) is 11.6 Å². The van der Waals surface area contributed by atoms with Crippen LogP contribution in [0, 0.1) is 23.5 Å². The second kappa shape index (κ2) is 5.77. The highest BCUT2D eigenvalue weighted by atomic mass is 32.2. The highest BCUT2D eigenvalue weighted by Gasteiger charge is 2.30. The van der Waals surface area contributed by atoms with Gasteiger partial charge in [-0.05, 0) is 36.5 Å². The van der Waals surface area contributed by atoms with E-state index in [-0.39, 0.29) is 16.9 Å². The van der Waals surface area contributed by atoms with Crippen molar-refractivity contribution >= 4 is 10.0 Å². The minimum absolute atomic E-state index is 0.156. The van der Waals surface area contributed by atoms with Crippen molar-refractivity contribution in [3.63, 3.8) is 0 Å². The summed E-state index contributed by atoms with van der Waals surface area (Å²) in [6.07, 6.45) is 2.83. The third kappa shape index (κ3) is 3.17. The zero-order valence-electron chi connectivity index (χ0n) is 11.6. The molecule has 112 valence electrons.